The molecule has 3 rings (SSSR count). The Labute approximate surface area is 231 Å². The molecule has 1 aliphatic carbocycles. The molecule has 1 fully saturated rings. The third-order valence-corrected chi connectivity index (χ3v) is 7.76. The van der Waals surface area contributed by atoms with E-state index in [1.807, 2.05) is 62.4 Å². The number of amides is 2. The standard InChI is InChI=1S/C23H24I2N4O2S2/c1-23(2)13(12-19(30)28-21(32)26-16-7-3-14(24)4-8-16)11-18(23)20(31)29-22(33)27-17-9-5-15(25)6-10-17/h3-10,13,18H,11-12H2,1-2H3,(H2,26,28,30,32)(H2,27,29,31,33)/t13-,18+/m0/s1. The Hall–Kier alpha value is -1.38. The minimum atomic E-state index is -0.328. The lowest BCUT2D eigenvalue weighted by molar-refractivity contribution is -0.143. The van der Waals surface area contributed by atoms with Crippen molar-refractivity contribution in [3.63, 3.8) is 0 Å². The molecule has 6 nitrogen and oxygen atoms in total. The second-order valence-electron chi connectivity index (χ2n) is 8.47. The Bertz CT molecular complexity index is 1060. The van der Waals surface area contributed by atoms with Crippen molar-refractivity contribution in [2.45, 2.75) is 26.7 Å². The first kappa shape index (κ1) is 26.2. The number of halogens is 2. The Morgan fingerprint density at radius 1 is 0.879 bits per heavy atom. The minimum absolute atomic E-state index is 0.0760. The van der Waals surface area contributed by atoms with Crippen molar-refractivity contribution in [1.29, 1.82) is 0 Å². The molecule has 174 valence electrons. The number of anilines is 2. The predicted octanol–water partition coefficient (Wildman–Crippen LogP) is 5.27. The summed E-state index contributed by atoms with van der Waals surface area (Å²) < 4.78 is 2.23. The summed E-state index contributed by atoms with van der Waals surface area (Å²) in [5, 5.41) is 12.1. The summed E-state index contributed by atoms with van der Waals surface area (Å²) in [4.78, 5) is 25.3. The van der Waals surface area contributed by atoms with Gasteiger partial charge in [0.05, 0.1) is 0 Å². The van der Waals surface area contributed by atoms with Crippen molar-refractivity contribution in [1.82, 2.24) is 10.6 Å². The van der Waals surface area contributed by atoms with Crippen LogP contribution in [0.5, 0.6) is 0 Å². The number of hydrogen-bond donors (Lipinski definition) is 4. The number of carbonyl (C=O) groups is 2. The maximum Gasteiger partial charge on any atom is 0.229 e. The molecule has 10 heteroatoms. The zero-order valence-electron chi connectivity index (χ0n) is 18.1. The molecular formula is C23H24I2N4O2S2. The molecule has 0 aliphatic heterocycles. The lowest BCUT2D eigenvalue weighted by Gasteiger charge is -2.51. The van der Waals surface area contributed by atoms with Crippen LogP contribution in [0.15, 0.2) is 48.5 Å². The van der Waals surface area contributed by atoms with Gasteiger partial charge in [-0.1, -0.05) is 13.8 Å². The van der Waals surface area contributed by atoms with Gasteiger partial charge in [0.1, 0.15) is 0 Å². The van der Waals surface area contributed by atoms with Crippen LogP contribution in [-0.4, -0.2) is 22.0 Å². The van der Waals surface area contributed by atoms with Crippen LogP contribution < -0.4 is 21.3 Å². The topological polar surface area (TPSA) is 82.3 Å². The molecule has 2 amide bonds. The Kier molecular flexibility index (Phi) is 9.03. The second-order valence-corrected chi connectivity index (χ2v) is 11.8. The first-order chi connectivity index (χ1) is 15.5. The third-order valence-electron chi connectivity index (χ3n) is 5.91. The largest absolute Gasteiger partial charge is 0.332 e. The molecule has 0 unspecified atom stereocenters. The van der Waals surface area contributed by atoms with E-state index in [1.165, 1.54) is 0 Å². The summed E-state index contributed by atoms with van der Waals surface area (Å²) in [7, 11) is 0. The van der Waals surface area contributed by atoms with Gasteiger partial charge >= 0.3 is 0 Å². The molecular weight excluding hydrogens is 682 g/mol. The average Bonchev–Trinajstić information content (AvgIpc) is 2.74. The molecule has 0 radical (unpaired) electrons. The van der Waals surface area contributed by atoms with E-state index in [4.69, 9.17) is 24.4 Å². The van der Waals surface area contributed by atoms with Gasteiger partial charge in [-0.15, -0.1) is 0 Å². The van der Waals surface area contributed by atoms with E-state index < -0.39 is 0 Å². The van der Waals surface area contributed by atoms with E-state index in [-0.39, 0.29) is 39.3 Å². The molecule has 0 heterocycles. The van der Waals surface area contributed by atoms with Crippen molar-refractivity contribution in [2.24, 2.45) is 17.3 Å². The molecule has 0 bridgehead atoms. The number of thiocarbonyl (C=S) groups is 2. The minimum Gasteiger partial charge on any atom is -0.332 e. The number of rotatable bonds is 5. The molecule has 1 aliphatic rings. The summed E-state index contributed by atoms with van der Waals surface area (Å²) in [5.41, 5.74) is 1.31. The summed E-state index contributed by atoms with van der Waals surface area (Å²) >= 11 is 15.0. The zero-order valence-corrected chi connectivity index (χ0v) is 24.0. The lowest BCUT2D eigenvalue weighted by Crippen LogP contribution is -2.55. The van der Waals surface area contributed by atoms with Crippen molar-refractivity contribution < 1.29 is 9.59 Å². The summed E-state index contributed by atoms with van der Waals surface area (Å²) in [6, 6.07) is 15.4. The summed E-state index contributed by atoms with van der Waals surface area (Å²) in [6.45, 7) is 4.02. The molecule has 1 saturated carbocycles. The normalized spacial score (nSPS) is 18.4. The predicted molar refractivity (Wildman–Crippen MR) is 157 cm³/mol. The number of carbonyl (C=O) groups excluding carboxylic acids is 2. The molecule has 4 N–H and O–H groups in total. The number of benzene rings is 2. The molecule has 0 spiro atoms. The van der Waals surface area contributed by atoms with E-state index in [1.54, 1.807) is 0 Å². The van der Waals surface area contributed by atoms with Crippen LogP contribution in [0.3, 0.4) is 0 Å². The van der Waals surface area contributed by atoms with Gasteiger partial charge in [0.25, 0.3) is 0 Å². The Morgan fingerprint density at radius 2 is 1.33 bits per heavy atom. The maximum atomic E-state index is 12.8. The summed E-state index contributed by atoms with van der Waals surface area (Å²) in [5.74, 6) is -0.433. The van der Waals surface area contributed by atoms with Gasteiger partial charge in [-0.05, 0) is 136 Å². The highest BCUT2D eigenvalue weighted by Gasteiger charge is 2.52. The molecule has 0 saturated heterocycles. The van der Waals surface area contributed by atoms with Gasteiger partial charge in [-0.3, -0.25) is 9.59 Å². The molecule has 33 heavy (non-hydrogen) atoms. The van der Waals surface area contributed by atoms with Gasteiger partial charge in [0.15, 0.2) is 10.2 Å². The van der Waals surface area contributed by atoms with Crippen LogP contribution >= 0.6 is 69.6 Å². The Morgan fingerprint density at radius 3 is 1.79 bits per heavy atom. The molecule has 0 aromatic heterocycles. The van der Waals surface area contributed by atoms with Crippen LogP contribution in [-0.2, 0) is 9.59 Å². The van der Waals surface area contributed by atoms with Gasteiger partial charge in [-0.2, -0.15) is 0 Å². The Balaban J connectivity index is 1.45. The first-order valence-corrected chi connectivity index (χ1v) is 13.3. The highest BCUT2D eigenvalue weighted by Crippen LogP contribution is 2.52. The molecule has 2 aromatic carbocycles. The monoisotopic (exact) mass is 706 g/mol. The van der Waals surface area contributed by atoms with Crippen LogP contribution in [0.25, 0.3) is 0 Å². The zero-order chi connectivity index (χ0) is 24.2. The van der Waals surface area contributed by atoms with Crippen LogP contribution in [0.4, 0.5) is 11.4 Å². The highest BCUT2D eigenvalue weighted by atomic mass is 127. The fourth-order valence-electron chi connectivity index (χ4n) is 3.80. The fraction of sp³-hybridized carbons (Fsp3) is 0.304. The third kappa shape index (κ3) is 7.30. The van der Waals surface area contributed by atoms with Crippen molar-refractivity contribution in [3.8, 4) is 0 Å². The quantitative estimate of drug-likeness (QED) is 0.251. The molecule has 2 atom stereocenters. The van der Waals surface area contributed by atoms with Crippen LogP contribution in [0, 0.1) is 24.4 Å². The van der Waals surface area contributed by atoms with E-state index in [0.717, 1.165) is 18.5 Å². The number of nitrogens with one attached hydrogen (secondary N) is 4. The maximum absolute atomic E-state index is 12.8. The first-order valence-electron chi connectivity index (χ1n) is 10.3. The van der Waals surface area contributed by atoms with Gasteiger partial charge < -0.3 is 21.3 Å². The SMILES string of the molecule is CC1(C)[C@H](CC(=O)NC(=S)Nc2ccc(I)cc2)C[C@@H]1C(=O)NC(=S)Nc1ccc(I)cc1. The van der Waals surface area contributed by atoms with E-state index >= 15 is 0 Å². The second kappa shape index (κ2) is 11.4. The fourth-order valence-corrected chi connectivity index (χ4v) is 4.97. The number of hydrogen-bond acceptors (Lipinski definition) is 4. The van der Waals surface area contributed by atoms with E-state index in [2.05, 4.69) is 66.4 Å². The van der Waals surface area contributed by atoms with Crippen LogP contribution in [0.1, 0.15) is 26.7 Å². The average molecular weight is 706 g/mol. The van der Waals surface area contributed by atoms with Gasteiger partial charge in [-0.25, -0.2) is 0 Å². The van der Waals surface area contributed by atoms with E-state index in [9.17, 15) is 9.59 Å². The van der Waals surface area contributed by atoms with Gasteiger partial charge in [0.2, 0.25) is 11.8 Å². The van der Waals surface area contributed by atoms with Crippen molar-refractivity contribution >= 4 is 103 Å². The van der Waals surface area contributed by atoms with E-state index in [0.29, 0.717) is 12.8 Å². The summed E-state index contributed by atoms with van der Waals surface area (Å²) in [6.07, 6.45) is 0.923. The van der Waals surface area contributed by atoms with Crippen molar-refractivity contribution in [2.75, 3.05) is 10.6 Å². The molecule has 2 aromatic rings. The lowest BCUT2D eigenvalue weighted by atomic mass is 9.53. The smallest absolute Gasteiger partial charge is 0.229 e. The van der Waals surface area contributed by atoms with Gasteiger partial charge in [0, 0.05) is 30.9 Å². The van der Waals surface area contributed by atoms with Crippen LogP contribution in [0.2, 0.25) is 0 Å². The van der Waals surface area contributed by atoms with Crippen molar-refractivity contribution in [3.05, 3.63) is 55.7 Å². The highest BCUT2D eigenvalue weighted by molar-refractivity contribution is 14.1.